The molecule has 0 saturated heterocycles. The lowest BCUT2D eigenvalue weighted by Gasteiger charge is -2.32. The van der Waals surface area contributed by atoms with Gasteiger partial charge in [-0.25, -0.2) is 8.42 Å². The van der Waals surface area contributed by atoms with Crippen LogP contribution in [0.5, 0.6) is 0 Å². The molecule has 180 valence electrons. The van der Waals surface area contributed by atoms with Crippen LogP contribution in [0.15, 0.2) is 42.5 Å². The molecule has 0 spiro atoms. The van der Waals surface area contributed by atoms with Crippen LogP contribution < -0.4 is 9.62 Å². The molecule has 7 nitrogen and oxygen atoms in total. The Morgan fingerprint density at radius 3 is 2.39 bits per heavy atom. The Kier molecular flexibility index (Phi) is 9.31. The van der Waals surface area contributed by atoms with Crippen LogP contribution in [-0.4, -0.2) is 50.5 Å². The molecule has 2 aromatic carbocycles. The van der Waals surface area contributed by atoms with Crippen molar-refractivity contribution in [3.05, 3.63) is 64.2 Å². The Balaban J connectivity index is 2.42. The lowest BCUT2D eigenvalue weighted by molar-refractivity contribution is -0.139. The second-order valence-electron chi connectivity index (χ2n) is 8.13. The van der Waals surface area contributed by atoms with Gasteiger partial charge in [0.15, 0.2) is 0 Å². The zero-order chi connectivity index (χ0) is 24.8. The van der Waals surface area contributed by atoms with E-state index in [1.165, 1.54) is 4.90 Å². The van der Waals surface area contributed by atoms with Gasteiger partial charge in [0, 0.05) is 18.1 Å². The van der Waals surface area contributed by atoms with Gasteiger partial charge < -0.3 is 10.2 Å². The minimum atomic E-state index is -3.80. The number of hydrogen-bond donors (Lipinski definition) is 1. The monoisotopic (exact) mass is 493 g/mol. The molecular weight excluding hydrogens is 462 g/mol. The summed E-state index contributed by atoms with van der Waals surface area (Å²) in [5.74, 6) is -0.775. The van der Waals surface area contributed by atoms with E-state index in [-0.39, 0.29) is 12.5 Å². The summed E-state index contributed by atoms with van der Waals surface area (Å²) >= 11 is 6.20. The summed E-state index contributed by atoms with van der Waals surface area (Å²) in [6.07, 6.45) is 1.81. The van der Waals surface area contributed by atoms with E-state index in [0.717, 1.165) is 28.1 Å². The molecule has 0 radical (unpaired) electrons. The van der Waals surface area contributed by atoms with E-state index in [1.54, 1.807) is 32.0 Å². The Morgan fingerprint density at radius 2 is 1.79 bits per heavy atom. The first-order valence-corrected chi connectivity index (χ1v) is 13.0. The van der Waals surface area contributed by atoms with Gasteiger partial charge in [-0.15, -0.1) is 0 Å². The molecule has 0 aliphatic heterocycles. The number of aryl methyl sites for hydroxylation is 1. The largest absolute Gasteiger partial charge is 0.354 e. The highest BCUT2D eigenvalue weighted by Gasteiger charge is 2.30. The maximum Gasteiger partial charge on any atom is 0.244 e. The fourth-order valence-corrected chi connectivity index (χ4v) is 4.52. The highest BCUT2D eigenvalue weighted by atomic mass is 35.5. The summed E-state index contributed by atoms with van der Waals surface area (Å²) in [5.41, 5.74) is 2.76. The fraction of sp³-hybridized carbons (Fsp3) is 0.417. The van der Waals surface area contributed by atoms with E-state index in [9.17, 15) is 18.0 Å². The molecule has 0 aromatic heterocycles. The van der Waals surface area contributed by atoms with Gasteiger partial charge in [-0.2, -0.15) is 0 Å². The minimum Gasteiger partial charge on any atom is -0.354 e. The zero-order valence-corrected chi connectivity index (χ0v) is 21.3. The van der Waals surface area contributed by atoms with Gasteiger partial charge >= 0.3 is 0 Å². The van der Waals surface area contributed by atoms with Crippen molar-refractivity contribution in [2.24, 2.45) is 0 Å². The smallest absolute Gasteiger partial charge is 0.244 e. The molecule has 1 atom stereocenters. The molecule has 0 saturated carbocycles. The lowest BCUT2D eigenvalue weighted by atomic mass is 10.1. The molecule has 1 N–H and O–H groups in total. The third kappa shape index (κ3) is 7.20. The van der Waals surface area contributed by atoms with Gasteiger partial charge in [0.1, 0.15) is 12.6 Å². The van der Waals surface area contributed by atoms with Crippen molar-refractivity contribution in [2.45, 2.75) is 46.7 Å². The van der Waals surface area contributed by atoms with Gasteiger partial charge in [0.25, 0.3) is 0 Å². The number of rotatable bonds is 10. The SMILES string of the molecule is CCCNC(=O)[C@@H](C)N(Cc1cccc(C)c1)C(=O)CN(c1cccc(Cl)c1C)S(C)(=O)=O. The quantitative estimate of drug-likeness (QED) is 0.547. The first-order valence-electron chi connectivity index (χ1n) is 10.8. The summed E-state index contributed by atoms with van der Waals surface area (Å²) in [6.45, 7) is 7.45. The highest BCUT2D eigenvalue weighted by molar-refractivity contribution is 7.92. The van der Waals surface area contributed by atoms with E-state index in [2.05, 4.69) is 5.32 Å². The Labute approximate surface area is 201 Å². The Hall–Kier alpha value is -2.58. The third-order valence-electron chi connectivity index (χ3n) is 5.34. The number of nitrogens with one attached hydrogen (secondary N) is 1. The number of carbonyl (C=O) groups excluding carboxylic acids is 2. The summed E-state index contributed by atoms with van der Waals surface area (Å²) < 4.78 is 26.3. The molecule has 0 aliphatic carbocycles. The molecule has 9 heteroatoms. The Morgan fingerprint density at radius 1 is 1.12 bits per heavy atom. The summed E-state index contributed by atoms with van der Waals surface area (Å²) in [4.78, 5) is 27.6. The van der Waals surface area contributed by atoms with E-state index >= 15 is 0 Å². The highest BCUT2D eigenvalue weighted by Crippen LogP contribution is 2.28. The molecule has 2 aromatic rings. The Bertz CT molecular complexity index is 1100. The summed E-state index contributed by atoms with van der Waals surface area (Å²) in [7, 11) is -3.80. The lowest BCUT2D eigenvalue weighted by Crippen LogP contribution is -2.51. The van der Waals surface area contributed by atoms with Crippen molar-refractivity contribution in [3.8, 4) is 0 Å². The molecule has 0 unspecified atom stereocenters. The summed E-state index contributed by atoms with van der Waals surface area (Å²) in [5, 5.41) is 3.21. The average molecular weight is 494 g/mol. The van der Waals surface area contributed by atoms with Gasteiger partial charge in [-0.3, -0.25) is 13.9 Å². The number of halogens is 1. The number of nitrogens with zero attached hydrogens (tertiary/aromatic N) is 2. The number of anilines is 1. The van der Waals surface area contributed by atoms with E-state index in [0.29, 0.717) is 22.8 Å². The van der Waals surface area contributed by atoms with E-state index < -0.39 is 28.5 Å². The topological polar surface area (TPSA) is 86.8 Å². The van der Waals surface area contributed by atoms with Crippen LogP contribution in [0.1, 0.15) is 37.0 Å². The predicted octanol–water partition coefficient (Wildman–Crippen LogP) is 3.67. The second-order valence-corrected chi connectivity index (χ2v) is 10.4. The van der Waals surface area contributed by atoms with E-state index in [4.69, 9.17) is 11.6 Å². The van der Waals surface area contributed by atoms with Crippen molar-refractivity contribution in [2.75, 3.05) is 23.7 Å². The predicted molar refractivity (Wildman–Crippen MR) is 133 cm³/mol. The standard InChI is InChI=1S/C24H32ClN3O4S/c1-6-13-26-24(30)19(4)27(15-20-10-7-9-17(2)14-20)23(29)16-28(33(5,31)32)22-12-8-11-21(25)18(22)3/h7-12,14,19H,6,13,15-16H2,1-5H3,(H,26,30)/t19-/m1/s1. The number of carbonyl (C=O) groups is 2. The molecule has 0 fully saturated rings. The van der Waals surface area contributed by atoms with Crippen LogP contribution in [0.25, 0.3) is 0 Å². The van der Waals surface area contributed by atoms with Crippen LogP contribution >= 0.6 is 11.6 Å². The van der Waals surface area contributed by atoms with Crippen molar-refractivity contribution in [1.82, 2.24) is 10.2 Å². The van der Waals surface area contributed by atoms with Crippen LogP contribution in [-0.2, 0) is 26.2 Å². The van der Waals surface area contributed by atoms with Crippen LogP contribution in [0.4, 0.5) is 5.69 Å². The number of benzene rings is 2. The maximum atomic E-state index is 13.5. The third-order valence-corrected chi connectivity index (χ3v) is 6.87. The van der Waals surface area contributed by atoms with Crippen molar-refractivity contribution in [3.63, 3.8) is 0 Å². The zero-order valence-electron chi connectivity index (χ0n) is 19.8. The van der Waals surface area contributed by atoms with Crippen LogP contribution in [0, 0.1) is 13.8 Å². The molecule has 0 aliphatic rings. The first kappa shape index (κ1) is 26.7. The first-order chi connectivity index (χ1) is 15.5. The molecule has 2 amide bonds. The fourth-order valence-electron chi connectivity index (χ4n) is 3.45. The van der Waals surface area contributed by atoms with Crippen LogP contribution in [0.3, 0.4) is 0 Å². The normalized spacial score (nSPS) is 12.2. The number of hydrogen-bond acceptors (Lipinski definition) is 4. The molecular formula is C24H32ClN3O4S. The molecule has 2 rings (SSSR count). The molecule has 0 bridgehead atoms. The van der Waals surface area contributed by atoms with Gasteiger partial charge in [-0.1, -0.05) is 54.4 Å². The molecule has 33 heavy (non-hydrogen) atoms. The van der Waals surface area contributed by atoms with Crippen LogP contribution in [0.2, 0.25) is 5.02 Å². The van der Waals surface area contributed by atoms with Gasteiger partial charge in [0.05, 0.1) is 11.9 Å². The second kappa shape index (κ2) is 11.5. The van der Waals surface area contributed by atoms with Crippen molar-refractivity contribution < 1.29 is 18.0 Å². The maximum absolute atomic E-state index is 13.5. The van der Waals surface area contributed by atoms with Gasteiger partial charge in [-0.05, 0) is 50.5 Å². The van der Waals surface area contributed by atoms with Gasteiger partial charge in [0.2, 0.25) is 21.8 Å². The molecule has 0 heterocycles. The minimum absolute atomic E-state index is 0.174. The van der Waals surface area contributed by atoms with Crippen molar-refractivity contribution >= 4 is 39.1 Å². The van der Waals surface area contributed by atoms with Crippen molar-refractivity contribution in [1.29, 1.82) is 0 Å². The van der Waals surface area contributed by atoms with E-state index in [1.807, 2.05) is 38.1 Å². The number of amides is 2. The number of sulfonamides is 1. The summed E-state index contributed by atoms with van der Waals surface area (Å²) in [6, 6.07) is 11.8. The average Bonchev–Trinajstić information content (AvgIpc) is 2.75.